The van der Waals surface area contributed by atoms with Gasteiger partial charge in [0, 0.05) is 5.56 Å². The molecule has 0 bridgehead atoms. The highest BCUT2D eigenvalue weighted by Crippen LogP contribution is 2.29. The van der Waals surface area contributed by atoms with Gasteiger partial charge < -0.3 is 4.74 Å². The normalized spacial score (nSPS) is 22.4. The minimum atomic E-state index is 0.374. The van der Waals surface area contributed by atoms with Crippen LogP contribution in [-0.2, 0) is 0 Å². The van der Waals surface area contributed by atoms with Gasteiger partial charge in [0.05, 0.1) is 12.0 Å². The van der Waals surface area contributed by atoms with Crippen LogP contribution in [0.15, 0.2) is 24.3 Å². The van der Waals surface area contributed by atoms with Crippen molar-refractivity contribution >= 4 is 11.6 Å². The lowest BCUT2D eigenvalue weighted by molar-refractivity contribution is 0.130. The smallest absolute Gasteiger partial charge is 0.119 e. The van der Waals surface area contributed by atoms with Crippen molar-refractivity contribution in [2.75, 3.05) is 5.88 Å². The molecule has 1 aliphatic rings. The Bertz CT molecular complexity index is 433. The number of hydrogen-bond acceptors (Lipinski definition) is 1. The van der Waals surface area contributed by atoms with Crippen LogP contribution in [0.3, 0.4) is 0 Å². The van der Waals surface area contributed by atoms with Crippen LogP contribution < -0.4 is 4.74 Å². The summed E-state index contributed by atoms with van der Waals surface area (Å²) < 4.78 is 6.03. The molecule has 0 amide bonds. The van der Waals surface area contributed by atoms with Crippen molar-refractivity contribution in [3.63, 3.8) is 0 Å². The maximum atomic E-state index is 6.03. The Kier molecular flexibility index (Phi) is 5.61. The van der Waals surface area contributed by atoms with Crippen LogP contribution in [0.25, 0.3) is 0 Å². The second-order valence-electron chi connectivity index (χ2n) is 5.13. The van der Waals surface area contributed by atoms with Crippen molar-refractivity contribution in [1.29, 1.82) is 0 Å². The first kappa shape index (κ1) is 14.3. The summed E-state index contributed by atoms with van der Waals surface area (Å²) in [5, 5.41) is 0. The second-order valence-corrected chi connectivity index (χ2v) is 5.40. The molecule has 1 aromatic carbocycles. The predicted molar refractivity (Wildman–Crippen MR) is 80.7 cm³/mol. The maximum Gasteiger partial charge on any atom is 0.119 e. The van der Waals surface area contributed by atoms with Crippen LogP contribution in [0.4, 0.5) is 0 Å². The van der Waals surface area contributed by atoms with Crippen LogP contribution >= 0.6 is 11.6 Å². The van der Waals surface area contributed by atoms with Gasteiger partial charge in [0.1, 0.15) is 5.75 Å². The zero-order valence-electron chi connectivity index (χ0n) is 11.5. The molecular formula is C17H21ClO. The first-order valence-corrected chi connectivity index (χ1v) is 7.66. The molecule has 0 unspecified atom stereocenters. The fourth-order valence-electron chi connectivity index (χ4n) is 2.60. The van der Waals surface area contributed by atoms with Crippen molar-refractivity contribution in [2.45, 2.75) is 45.1 Å². The van der Waals surface area contributed by atoms with Crippen molar-refractivity contribution in [2.24, 2.45) is 5.92 Å². The van der Waals surface area contributed by atoms with E-state index in [1.54, 1.807) is 0 Å². The van der Waals surface area contributed by atoms with Crippen LogP contribution in [0.1, 0.15) is 44.6 Å². The molecule has 0 saturated heterocycles. The maximum absolute atomic E-state index is 6.03. The molecule has 19 heavy (non-hydrogen) atoms. The quantitative estimate of drug-likeness (QED) is 0.578. The fourth-order valence-corrected chi connectivity index (χ4v) is 2.67. The average Bonchev–Trinajstić information content (AvgIpc) is 2.47. The van der Waals surface area contributed by atoms with Gasteiger partial charge in [0.15, 0.2) is 0 Å². The third-order valence-electron chi connectivity index (χ3n) is 3.83. The monoisotopic (exact) mass is 276 g/mol. The van der Waals surface area contributed by atoms with Gasteiger partial charge in [-0.2, -0.15) is 0 Å². The molecule has 0 heterocycles. The molecule has 1 saturated carbocycles. The van der Waals surface area contributed by atoms with E-state index in [9.17, 15) is 0 Å². The number of ether oxygens (including phenoxy) is 1. The molecule has 0 aromatic heterocycles. The van der Waals surface area contributed by atoms with Gasteiger partial charge >= 0.3 is 0 Å². The minimum absolute atomic E-state index is 0.374. The van der Waals surface area contributed by atoms with Crippen molar-refractivity contribution in [3.8, 4) is 17.6 Å². The van der Waals surface area contributed by atoms with E-state index < -0.39 is 0 Å². The zero-order chi connectivity index (χ0) is 13.5. The number of rotatable bonds is 3. The van der Waals surface area contributed by atoms with Gasteiger partial charge in [-0.3, -0.25) is 0 Å². The molecule has 1 fully saturated rings. The van der Waals surface area contributed by atoms with Gasteiger partial charge in [-0.05, 0) is 55.9 Å². The van der Waals surface area contributed by atoms with E-state index in [0.29, 0.717) is 12.0 Å². The Hall–Kier alpha value is -1.13. The highest BCUT2D eigenvalue weighted by Gasteiger charge is 2.20. The molecular weight excluding hydrogens is 256 g/mol. The Morgan fingerprint density at radius 3 is 2.42 bits per heavy atom. The lowest BCUT2D eigenvalue weighted by Gasteiger charge is -2.28. The molecule has 1 aliphatic carbocycles. The van der Waals surface area contributed by atoms with Crippen LogP contribution in [-0.4, -0.2) is 12.0 Å². The fraction of sp³-hybridized carbons (Fsp3) is 0.529. The number of benzene rings is 1. The summed E-state index contributed by atoms with van der Waals surface area (Å²) in [6.45, 7) is 2.28. The lowest BCUT2D eigenvalue weighted by Crippen LogP contribution is -2.23. The first-order valence-electron chi connectivity index (χ1n) is 7.13. The summed E-state index contributed by atoms with van der Waals surface area (Å²) in [4.78, 5) is 0. The van der Waals surface area contributed by atoms with Crippen LogP contribution in [0, 0.1) is 17.8 Å². The highest BCUT2D eigenvalue weighted by atomic mass is 35.5. The van der Waals surface area contributed by atoms with Gasteiger partial charge in [-0.15, -0.1) is 11.6 Å². The highest BCUT2D eigenvalue weighted by molar-refractivity contribution is 6.19. The molecule has 0 spiro atoms. The van der Waals surface area contributed by atoms with E-state index >= 15 is 0 Å². The molecule has 0 radical (unpaired) electrons. The molecule has 1 nitrogen and oxygen atoms in total. The third kappa shape index (κ3) is 4.48. The van der Waals surface area contributed by atoms with Crippen LogP contribution in [0.5, 0.6) is 5.75 Å². The van der Waals surface area contributed by atoms with E-state index in [0.717, 1.165) is 17.2 Å². The van der Waals surface area contributed by atoms with Gasteiger partial charge in [0.25, 0.3) is 0 Å². The van der Waals surface area contributed by atoms with Crippen molar-refractivity contribution < 1.29 is 4.74 Å². The minimum Gasteiger partial charge on any atom is -0.490 e. The Labute approximate surface area is 121 Å². The summed E-state index contributed by atoms with van der Waals surface area (Å²) in [6, 6.07) is 7.99. The average molecular weight is 277 g/mol. The number of hydrogen-bond donors (Lipinski definition) is 0. The Morgan fingerprint density at radius 2 is 1.84 bits per heavy atom. The Morgan fingerprint density at radius 1 is 1.16 bits per heavy atom. The topological polar surface area (TPSA) is 9.23 Å². The molecule has 1 aromatic rings. The predicted octanol–water partition coefficient (Wildman–Crippen LogP) is 4.62. The largest absolute Gasteiger partial charge is 0.490 e. The summed E-state index contributed by atoms with van der Waals surface area (Å²) in [5.41, 5.74) is 0.989. The number of alkyl halides is 1. The number of halogens is 1. The van der Waals surface area contributed by atoms with Crippen LogP contribution in [0.2, 0.25) is 0 Å². The summed E-state index contributed by atoms with van der Waals surface area (Å²) in [7, 11) is 0. The molecule has 0 N–H and O–H groups in total. The van der Waals surface area contributed by atoms with Gasteiger partial charge in [-0.1, -0.05) is 25.2 Å². The third-order valence-corrected chi connectivity index (χ3v) is 3.96. The molecule has 102 valence electrons. The van der Waals surface area contributed by atoms with E-state index in [2.05, 4.69) is 18.8 Å². The first-order chi connectivity index (χ1) is 9.31. The molecule has 2 heteroatoms. The lowest BCUT2D eigenvalue weighted by atomic mass is 9.86. The molecule has 2 rings (SSSR count). The molecule has 0 atom stereocenters. The Balaban J connectivity index is 1.86. The summed E-state index contributed by atoms with van der Waals surface area (Å²) >= 11 is 5.54. The summed E-state index contributed by atoms with van der Waals surface area (Å²) in [5.74, 6) is 8.09. The van der Waals surface area contributed by atoms with E-state index in [1.807, 2.05) is 24.3 Å². The summed E-state index contributed by atoms with van der Waals surface area (Å²) in [6.07, 6.45) is 6.68. The zero-order valence-corrected chi connectivity index (χ0v) is 12.2. The molecule has 0 aliphatic heterocycles. The SMILES string of the molecule is CCC1CCC(Oc2ccc(C#CCCl)cc2)CC1. The van der Waals surface area contributed by atoms with E-state index in [4.69, 9.17) is 16.3 Å². The van der Waals surface area contributed by atoms with E-state index in [-0.39, 0.29) is 0 Å². The van der Waals surface area contributed by atoms with Crippen molar-refractivity contribution in [1.82, 2.24) is 0 Å². The standard InChI is InChI=1S/C17H21ClO/c1-2-14-5-9-16(10-6-14)19-17-11-7-15(8-12-17)4-3-13-18/h7-8,11-12,14,16H,2,5-6,9-10,13H2,1H3. The van der Waals surface area contributed by atoms with Crippen molar-refractivity contribution in [3.05, 3.63) is 29.8 Å². The van der Waals surface area contributed by atoms with E-state index in [1.165, 1.54) is 32.1 Å². The van der Waals surface area contributed by atoms with Gasteiger partial charge in [0.2, 0.25) is 0 Å². The second kappa shape index (κ2) is 7.46. The van der Waals surface area contributed by atoms with Gasteiger partial charge in [-0.25, -0.2) is 0 Å².